The molecule has 0 saturated heterocycles. The highest BCUT2D eigenvalue weighted by molar-refractivity contribution is 5.96. The molecule has 1 aliphatic rings. The number of aryl methyl sites for hydroxylation is 3. The molecule has 0 bridgehead atoms. The summed E-state index contributed by atoms with van der Waals surface area (Å²) in [6.07, 6.45) is 1.27. The molecule has 2 aromatic rings. The zero-order valence-electron chi connectivity index (χ0n) is 12.3. The van der Waals surface area contributed by atoms with Gasteiger partial charge in [-0.1, -0.05) is 6.07 Å². The largest absolute Gasteiger partial charge is 0.397 e. The highest BCUT2D eigenvalue weighted by Gasteiger charge is 2.16. The van der Waals surface area contributed by atoms with Crippen molar-refractivity contribution >= 4 is 28.7 Å². The molecule has 21 heavy (non-hydrogen) atoms. The second-order valence-electron chi connectivity index (χ2n) is 5.57. The van der Waals surface area contributed by atoms with Crippen molar-refractivity contribution in [1.82, 2.24) is 0 Å². The molecule has 0 radical (unpaired) electrons. The molecule has 0 unspecified atom stereocenters. The summed E-state index contributed by atoms with van der Waals surface area (Å²) in [7, 11) is 0. The molecule has 0 aliphatic carbocycles. The lowest BCUT2D eigenvalue weighted by atomic mass is 10.0. The minimum Gasteiger partial charge on any atom is -0.397 e. The Kier molecular flexibility index (Phi) is 3.29. The minimum absolute atomic E-state index is 0.0596. The van der Waals surface area contributed by atoms with Crippen molar-refractivity contribution in [3.05, 3.63) is 47.0 Å². The van der Waals surface area contributed by atoms with Crippen LogP contribution in [0.15, 0.2) is 30.3 Å². The van der Waals surface area contributed by atoms with Gasteiger partial charge in [0.1, 0.15) is 0 Å². The van der Waals surface area contributed by atoms with E-state index >= 15 is 0 Å². The van der Waals surface area contributed by atoms with Crippen LogP contribution in [0.3, 0.4) is 0 Å². The first-order valence-electron chi connectivity index (χ1n) is 7.09. The standard InChI is InChI=1S/C17H19N3O/c1-10-3-5-13(7-11(10)2)19-16-9-15-12(8-14(16)18)4-6-17(21)20-15/h3,5,7-9,19H,4,6,18H2,1-2H3,(H,20,21). The van der Waals surface area contributed by atoms with E-state index in [-0.39, 0.29) is 5.91 Å². The number of benzene rings is 2. The normalized spacial score (nSPS) is 13.5. The van der Waals surface area contributed by atoms with Crippen LogP contribution < -0.4 is 16.4 Å². The van der Waals surface area contributed by atoms with Crippen molar-refractivity contribution in [3.63, 3.8) is 0 Å². The maximum absolute atomic E-state index is 11.5. The molecule has 1 aliphatic heterocycles. The molecule has 1 heterocycles. The number of hydrogen-bond acceptors (Lipinski definition) is 3. The first-order chi connectivity index (χ1) is 10.0. The second-order valence-corrected chi connectivity index (χ2v) is 5.57. The molecule has 108 valence electrons. The van der Waals surface area contributed by atoms with Gasteiger partial charge in [0.05, 0.1) is 11.4 Å². The van der Waals surface area contributed by atoms with Crippen LogP contribution in [0.2, 0.25) is 0 Å². The summed E-state index contributed by atoms with van der Waals surface area (Å²) in [5, 5.41) is 6.23. The lowest BCUT2D eigenvalue weighted by Crippen LogP contribution is -2.19. The van der Waals surface area contributed by atoms with Crippen LogP contribution in [0.5, 0.6) is 0 Å². The van der Waals surface area contributed by atoms with Gasteiger partial charge < -0.3 is 16.4 Å². The molecule has 0 saturated carbocycles. The number of amides is 1. The van der Waals surface area contributed by atoms with Gasteiger partial charge in [-0.15, -0.1) is 0 Å². The second kappa shape index (κ2) is 5.13. The number of carbonyl (C=O) groups excluding carboxylic acids is 1. The van der Waals surface area contributed by atoms with Gasteiger partial charge in [0.15, 0.2) is 0 Å². The summed E-state index contributed by atoms with van der Waals surface area (Å²) in [6.45, 7) is 4.17. The van der Waals surface area contributed by atoms with Crippen LogP contribution in [-0.2, 0) is 11.2 Å². The molecule has 4 N–H and O–H groups in total. The van der Waals surface area contributed by atoms with E-state index in [1.165, 1.54) is 11.1 Å². The van der Waals surface area contributed by atoms with E-state index in [2.05, 4.69) is 36.6 Å². The summed E-state index contributed by atoms with van der Waals surface area (Å²) in [5.74, 6) is 0.0596. The van der Waals surface area contributed by atoms with Gasteiger partial charge in [-0.3, -0.25) is 4.79 Å². The third-order valence-corrected chi connectivity index (χ3v) is 3.96. The highest BCUT2D eigenvalue weighted by Crippen LogP contribution is 2.33. The first kappa shape index (κ1) is 13.5. The van der Waals surface area contributed by atoms with Gasteiger partial charge in [0.25, 0.3) is 0 Å². The van der Waals surface area contributed by atoms with Crippen molar-refractivity contribution in [2.45, 2.75) is 26.7 Å². The van der Waals surface area contributed by atoms with Gasteiger partial charge in [-0.2, -0.15) is 0 Å². The third-order valence-electron chi connectivity index (χ3n) is 3.96. The van der Waals surface area contributed by atoms with E-state index in [1.54, 1.807) is 0 Å². The Bertz CT molecular complexity index is 722. The summed E-state index contributed by atoms with van der Waals surface area (Å²) >= 11 is 0. The lowest BCUT2D eigenvalue weighted by molar-refractivity contribution is -0.116. The van der Waals surface area contributed by atoms with Crippen molar-refractivity contribution in [1.29, 1.82) is 0 Å². The average molecular weight is 281 g/mol. The molecule has 2 aromatic carbocycles. The number of hydrogen-bond donors (Lipinski definition) is 3. The topological polar surface area (TPSA) is 67.1 Å². The Morgan fingerprint density at radius 2 is 1.90 bits per heavy atom. The summed E-state index contributed by atoms with van der Waals surface area (Å²) in [4.78, 5) is 11.5. The van der Waals surface area contributed by atoms with Crippen LogP contribution in [0, 0.1) is 13.8 Å². The number of fused-ring (bicyclic) bond motifs is 1. The Morgan fingerprint density at radius 3 is 2.67 bits per heavy atom. The fraction of sp³-hybridized carbons (Fsp3) is 0.235. The van der Waals surface area contributed by atoms with E-state index in [4.69, 9.17) is 5.73 Å². The fourth-order valence-corrected chi connectivity index (χ4v) is 2.53. The molecular formula is C17H19N3O. The van der Waals surface area contributed by atoms with Crippen LogP contribution in [-0.4, -0.2) is 5.91 Å². The zero-order valence-corrected chi connectivity index (χ0v) is 12.3. The van der Waals surface area contributed by atoms with Crippen molar-refractivity contribution < 1.29 is 4.79 Å². The predicted molar refractivity (Wildman–Crippen MR) is 87.0 cm³/mol. The fourth-order valence-electron chi connectivity index (χ4n) is 2.53. The van der Waals surface area contributed by atoms with Gasteiger partial charge in [-0.05, 0) is 61.2 Å². The molecule has 1 amide bonds. The van der Waals surface area contributed by atoms with E-state index in [0.717, 1.165) is 29.0 Å². The SMILES string of the molecule is Cc1ccc(Nc2cc3c(cc2N)CCC(=O)N3)cc1C. The number of nitrogens with two attached hydrogens (primary N) is 1. The summed E-state index contributed by atoms with van der Waals surface area (Å²) < 4.78 is 0. The summed E-state index contributed by atoms with van der Waals surface area (Å²) in [6, 6.07) is 10.1. The monoisotopic (exact) mass is 281 g/mol. The van der Waals surface area contributed by atoms with Crippen LogP contribution in [0.4, 0.5) is 22.7 Å². The zero-order chi connectivity index (χ0) is 15.0. The first-order valence-corrected chi connectivity index (χ1v) is 7.09. The van der Waals surface area contributed by atoms with Crippen LogP contribution in [0.25, 0.3) is 0 Å². The van der Waals surface area contributed by atoms with E-state index in [0.29, 0.717) is 12.1 Å². The smallest absolute Gasteiger partial charge is 0.224 e. The number of anilines is 4. The molecule has 4 heteroatoms. The van der Waals surface area contributed by atoms with E-state index in [9.17, 15) is 4.79 Å². The quantitative estimate of drug-likeness (QED) is 0.738. The molecule has 0 spiro atoms. The van der Waals surface area contributed by atoms with E-state index < -0.39 is 0 Å². The summed E-state index contributed by atoms with van der Waals surface area (Å²) in [5.41, 5.74) is 13.1. The third kappa shape index (κ3) is 2.70. The molecule has 0 atom stereocenters. The number of carbonyl (C=O) groups is 1. The molecule has 0 aromatic heterocycles. The van der Waals surface area contributed by atoms with Crippen LogP contribution in [0.1, 0.15) is 23.1 Å². The number of rotatable bonds is 2. The number of nitrogen functional groups attached to an aromatic ring is 1. The van der Waals surface area contributed by atoms with Gasteiger partial charge in [0.2, 0.25) is 5.91 Å². The molecular weight excluding hydrogens is 262 g/mol. The predicted octanol–water partition coefficient (Wildman–Crippen LogP) is 3.51. The van der Waals surface area contributed by atoms with Gasteiger partial charge in [-0.25, -0.2) is 0 Å². The van der Waals surface area contributed by atoms with Gasteiger partial charge in [0, 0.05) is 17.8 Å². The van der Waals surface area contributed by atoms with Crippen molar-refractivity contribution in [2.75, 3.05) is 16.4 Å². The molecule has 4 nitrogen and oxygen atoms in total. The Balaban J connectivity index is 1.93. The van der Waals surface area contributed by atoms with Crippen molar-refractivity contribution in [2.24, 2.45) is 0 Å². The van der Waals surface area contributed by atoms with Gasteiger partial charge >= 0.3 is 0 Å². The van der Waals surface area contributed by atoms with Crippen molar-refractivity contribution in [3.8, 4) is 0 Å². The number of nitrogens with one attached hydrogen (secondary N) is 2. The minimum atomic E-state index is 0.0596. The maximum Gasteiger partial charge on any atom is 0.224 e. The maximum atomic E-state index is 11.5. The average Bonchev–Trinajstić information content (AvgIpc) is 2.44. The Labute approximate surface area is 124 Å². The molecule has 0 fully saturated rings. The van der Waals surface area contributed by atoms with Crippen LogP contribution >= 0.6 is 0 Å². The highest BCUT2D eigenvalue weighted by atomic mass is 16.1. The lowest BCUT2D eigenvalue weighted by Gasteiger charge is -2.20. The van der Waals surface area contributed by atoms with E-state index in [1.807, 2.05) is 18.2 Å². The molecule has 3 rings (SSSR count). The Hall–Kier alpha value is -2.49. The Morgan fingerprint density at radius 1 is 1.10 bits per heavy atom.